The van der Waals surface area contributed by atoms with Crippen LogP contribution in [0, 0.1) is 0 Å². The minimum Gasteiger partial charge on any atom is -0.306 e. The van der Waals surface area contributed by atoms with Crippen LogP contribution in [-0.4, -0.2) is 70.8 Å². The predicted octanol–water partition coefficient (Wildman–Crippen LogP) is 5.79. The van der Waals surface area contributed by atoms with Crippen LogP contribution in [0.3, 0.4) is 0 Å². The fourth-order valence-electron chi connectivity index (χ4n) is 6.79. The molecule has 7 rings (SSSR count). The van der Waals surface area contributed by atoms with Gasteiger partial charge in [-0.1, -0.05) is 42.5 Å². The number of pyridine rings is 1. The van der Waals surface area contributed by atoms with Crippen LogP contribution in [0.25, 0.3) is 22.2 Å². The van der Waals surface area contributed by atoms with E-state index in [-0.39, 0.29) is 5.66 Å². The Morgan fingerprint density at radius 3 is 2.54 bits per heavy atom. The predicted molar refractivity (Wildman–Crippen MR) is 159 cm³/mol. The first-order chi connectivity index (χ1) is 19.1. The fraction of sp³-hybridized carbons (Fsp3) is 0.344. The summed E-state index contributed by atoms with van der Waals surface area (Å²) in [7, 11) is 4.59. The average molecular weight is 519 g/mol. The molecule has 39 heavy (non-hydrogen) atoms. The summed E-state index contributed by atoms with van der Waals surface area (Å²) in [5.74, 6) is 0. The minimum atomic E-state index is -0.143. The molecule has 1 saturated heterocycles. The third-order valence-corrected chi connectivity index (χ3v) is 9.21. The lowest BCUT2D eigenvalue weighted by Gasteiger charge is -2.60. The molecule has 2 fully saturated rings. The minimum absolute atomic E-state index is 0.143. The van der Waals surface area contributed by atoms with Crippen molar-refractivity contribution in [2.45, 2.75) is 43.8 Å². The molecule has 4 aliphatic rings. The van der Waals surface area contributed by atoms with E-state index in [0.29, 0.717) is 10.6 Å². The highest BCUT2D eigenvalue weighted by atomic mass is 15.8. The summed E-state index contributed by atoms with van der Waals surface area (Å²) in [5.41, 5.74) is 5.20. The first-order valence-electron chi connectivity index (χ1n) is 14.1. The van der Waals surface area contributed by atoms with Crippen LogP contribution in [0.1, 0.15) is 32.1 Å². The van der Waals surface area contributed by atoms with E-state index in [2.05, 4.69) is 106 Å². The number of piperidine rings is 1. The Morgan fingerprint density at radius 1 is 0.974 bits per heavy atom. The highest BCUT2D eigenvalue weighted by Crippen LogP contribution is 2.49. The number of nitrogens with zero attached hydrogens (tertiary/aromatic N) is 7. The van der Waals surface area contributed by atoms with Crippen molar-refractivity contribution in [2.75, 3.05) is 32.2 Å². The van der Waals surface area contributed by atoms with Gasteiger partial charge in [0.25, 0.3) is 0 Å². The number of anilines is 1. The molecule has 0 bridgehead atoms. The van der Waals surface area contributed by atoms with Crippen molar-refractivity contribution >= 4 is 29.1 Å². The van der Waals surface area contributed by atoms with Crippen molar-refractivity contribution < 1.29 is 4.59 Å². The summed E-state index contributed by atoms with van der Waals surface area (Å²) in [6, 6.07) is 22.0. The molecular weight excluding hydrogens is 482 g/mol. The van der Waals surface area contributed by atoms with Crippen molar-refractivity contribution in [1.29, 1.82) is 0 Å². The molecule has 4 heterocycles. The standard InChI is InChI=1S/C32H36N7/c1-36-18-13-27(14-19-36)37(2)32(15-6-16-32)38(39-20-17-33-22-29(39)23-34-24-39)28-11-9-26-10-12-30(35-31(26)21-28)25-7-4-3-5-8-25/h3-5,7-12,17,20-24,27H,6,13-16,18-19H2,1-2H3/q+1. The van der Waals surface area contributed by atoms with Gasteiger partial charge < -0.3 is 4.90 Å². The maximum atomic E-state index is 5.14. The number of benzene rings is 2. The number of fused-ring (bicyclic) bond motifs is 2. The highest BCUT2D eigenvalue weighted by Gasteiger charge is 2.58. The molecule has 1 aromatic heterocycles. The van der Waals surface area contributed by atoms with Crippen LogP contribution in [0.2, 0.25) is 0 Å². The van der Waals surface area contributed by atoms with E-state index in [0.717, 1.165) is 59.5 Å². The summed E-state index contributed by atoms with van der Waals surface area (Å²) in [4.78, 5) is 19.4. The van der Waals surface area contributed by atoms with Gasteiger partial charge >= 0.3 is 0 Å². The average Bonchev–Trinajstić information content (AvgIpc) is 3.39. The van der Waals surface area contributed by atoms with Gasteiger partial charge in [-0.2, -0.15) is 5.01 Å². The molecule has 1 unspecified atom stereocenters. The summed E-state index contributed by atoms with van der Waals surface area (Å²) in [5, 5.41) is 3.74. The number of aromatic nitrogens is 1. The van der Waals surface area contributed by atoms with Gasteiger partial charge in [-0.15, -0.1) is 4.59 Å². The first-order valence-corrected chi connectivity index (χ1v) is 14.1. The molecule has 1 saturated carbocycles. The molecule has 0 N–H and O–H groups in total. The number of allylic oxidation sites excluding steroid dienone is 1. The number of hydrogen-bond acceptors (Lipinski definition) is 6. The third kappa shape index (κ3) is 3.95. The van der Waals surface area contributed by atoms with Gasteiger partial charge in [-0.3, -0.25) is 9.89 Å². The van der Waals surface area contributed by atoms with Gasteiger partial charge in [0, 0.05) is 17.0 Å². The molecule has 2 aromatic carbocycles. The first kappa shape index (κ1) is 24.4. The van der Waals surface area contributed by atoms with E-state index in [9.17, 15) is 0 Å². The van der Waals surface area contributed by atoms with Crippen LogP contribution >= 0.6 is 0 Å². The molecule has 7 heteroatoms. The summed E-state index contributed by atoms with van der Waals surface area (Å²) in [6.07, 6.45) is 15.9. The van der Waals surface area contributed by atoms with Crippen molar-refractivity contribution in [1.82, 2.24) is 14.8 Å². The summed E-state index contributed by atoms with van der Waals surface area (Å²) in [6.45, 7) is 2.29. The Hall–Kier alpha value is -3.65. The molecule has 0 radical (unpaired) electrons. The molecule has 1 atom stereocenters. The monoisotopic (exact) mass is 518 g/mol. The maximum absolute atomic E-state index is 5.14. The van der Waals surface area contributed by atoms with Crippen LogP contribution in [0.4, 0.5) is 5.69 Å². The van der Waals surface area contributed by atoms with Crippen molar-refractivity contribution in [3.63, 3.8) is 0 Å². The van der Waals surface area contributed by atoms with Gasteiger partial charge in [-0.05, 0) is 77.5 Å². The van der Waals surface area contributed by atoms with Crippen molar-refractivity contribution in [2.24, 2.45) is 9.98 Å². The van der Waals surface area contributed by atoms with Gasteiger partial charge in [0.15, 0.2) is 6.20 Å². The molecule has 0 spiro atoms. The van der Waals surface area contributed by atoms with E-state index in [1.807, 2.05) is 24.7 Å². The van der Waals surface area contributed by atoms with Gasteiger partial charge in [-0.25, -0.2) is 9.98 Å². The molecular formula is C32H36N7+. The molecule has 3 aromatic rings. The van der Waals surface area contributed by atoms with Gasteiger partial charge in [0.1, 0.15) is 5.66 Å². The van der Waals surface area contributed by atoms with Crippen LogP contribution in [0.5, 0.6) is 0 Å². The number of aliphatic imine (C=N–C) groups is 2. The lowest BCUT2D eigenvalue weighted by molar-refractivity contribution is -0.754. The zero-order valence-electron chi connectivity index (χ0n) is 22.8. The van der Waals surface area contributed by atoms with E-state index < -0.39 is 0 Å². The quantitative estimate of drug-likeness (QED) is 0.306. The topological polar surface area (TPSA) is 47.3 Å². The van der Waals surface area contributed by atoms with E-state index in [4.69, 9.17) is 4.98 Å². The van der Waals surface area contributed by atoms with Crippen LogP contribution < -0.4 is 5.01 Å². The largest absolute Gasteiger partial charge is 0.306 e. The smallest absolute Gasteiger partial charge is 0.225 e. The number of quaternary nitrogens is 1. The SMILES string of the molecule is CN1CCC(N(C)C2(N(c3ccc4ccc(-c5ccccc5)nc4c3)[N+]34C=CN=CC3=CN=C4)CCC2)CC1. The molecule has 3 aliphatic heterocycles. The summed E-state index contributed by atoms with van der Waals surface area (Å²) < 4.78 is 0.421. The fourth-order valence-corrected chi connectivity index (χ4v) is 6.79. The van der Waals surface area contributed by atoms with Crippen molar-refractivity contribution in [3.05, 3.63) is 85.0 Å². The van der Waals surface area contributed by atoms with E-state index >= 15 is 0 Å². The van der Waals surface area contributed by atoms with E-state index in [1.54, 1.807) is 0 Å². The zero-order valence-corrected chi connectivity index (χ0v) is 22.8. The number of rotatable bonds is 6. The lowest BCUT2D eigenvalue weighted by atomic mass is 9.80. The number of likely N-dealkylation sites (tertiary alicyclic amines) is 1. The highest BCUT2D eigenvalue weighted by molar-refractivity contribution is 5.86. The normalized spacial score (nSPS) is 24.1. The second-order valence-corrected chi connectivity index (χ2v) is 11.4. The van der Waals surface area contributed by atoms with Gasteiger partial charge in [0.05, 0.1) is 35.5 Å². The third-order valence-electron chi connectivity index (χ3n) is 9.21. The molecule has 7 nitrogen and oxygen atoms in total. The zero-order chi connectivity index (χ0) is 26.5. The molecule has 0 amide bonds. The Morgan fingerprint density at radius 2 is 1.77 bits per heavy atom. The van der Waals surface area contributed by atoms with Gasteiger partial charge in [0.2, 0.25) is 12.0 Å². The van der Waals surface area contributed by atoms with Crippen LogP contribution in [0.15, 0.2) is 94.9 Å². The second kappa shape index (κ2) is 9.52. The Kier molecular flexibility index (Phi) is 5.95. The molecule has 198 valence electrons. The number of hydrogen-bond donors (Lipinski definition) is 0. The van der Waals surface area contributed by atoms with Crippen molar-refractivity contribution in [3.8, 4) is 11.3 Å². The summed E-state index contributed by atoms with van der Waals surface area (Å²) >= 11 is 0. The second-order valence-electron chi connectivity index (χ2n) is 11.4. The Balaban J connectivity index is 1.37. The lowest BCUT2D eigenvalue weighted by Crippen LogP contribution is -2.74. The molecule has 1 aliphatic carbocycles. The Labute approximate surface area is 230 Å². The van der Waals surface area contributed by atoms with Crippen LogP contribution in [-0.2, 0) is 0 Å². The maximum Gasteiger partial charge on any atom is 0.225 e. The Bertz CT molecular complexity index is 1500. The van der Waals surface area contributed by atoms with E-state index in [1.165, 1.54) is 19.3 Å².